The van der Waals surface area contributed by atoms with Gasteiger partial charge in [0.2, 0.25) is 17.8 Å². The monoisotopic (exact) mass is 504 g/mol. The van der Waals surface area contributed by atoms with Crippen LogP contribution in [0.4, 0.5) is 34.9 Å². The highest BCUT2D eigenvalue weighted by Crippen LogP contribution is 2.21. The van der Waals surface area contributed by atoms with E-state index in [2.05, 4.69) is 78.5 Å². The molecule has 0 unspecified atom stereocenters. The van der Waals surface area contributed by atoms with E-state index in [1.165, 1.54) is 17.8 Å². The number of aromatic nitrogens is 3. The first-order valence-electron chi connectivity index (χ1n) is 12.3. The summed E-state index contributed by atoms with van der Waals surface area (Å²) in [5.74, 6) is 1.15. The van der Waals surface area contributed by atoms with Crippen molar-refractivity contribution in [3.05, 3.63) is 64.2 Å². The van der Waals surface area contributed by atoms with E-state index in [1.807, 2.05) is 12.1 Å². The molecular weight excluding hydrogens is 472 g/mol. The molecule has 37 heavy (non-hydrogen) atoms. The van der Waals surface area contributed by atoms with Crippen LogP contribution in [0.1, 0.15) is 19.4 Å². The molecule has 1 aliphatic rings. The van der Waals surface area contributed by atoms with Gasteiger partial charge in [-0.05, 0) is 50.7 Å². The first kappa shape index (κ1) is 25.8. The number of nitrogens with zero attached hydrogens (tertiary/aromatic N) is 8. The molecule has 3 aromatic rings. The van der Waals surface area contributed by atoms with Crippen LogP contribution in [-0.4, -0.2) is 77.3 Å². The van der Waals surface area contributed by atoms with Gasteiger partial charge in [0.05, 0.1) is 11.1 Å². The number of nitro benzene ring substituents is 1. The summed E-state index contributed by atoms with van der Waals surface area (Å²) < 4.78 is 0. The topological polar surface area (TPSA) is 128 Å². The van der Waals surface area contributed by atoms with Crippen molar-refractivity contribution in [2.75, 3.05) is 66.9 Å². The molecule has 1 saturated heterocycles. The zero-order chi connectivity index (χ0) is 26.2. The van der Waals surface area contributed by atoms with Crippen LogP contribution in [-0.2, 0) is 0 Å². The summed E-state index contributed by atoms with van der Waals surface area (Å²) in [7, 11) is 2.09. The number of likely N-dealkylation sites (N-methyl/N-ethyl adjacent to an activating group) is 1. The van der Waals surface area contributed by atoms with Crippen LogP contribution < -0.4 is 20.5 Å². The molecule has 0 aliphatic carbocycles. The maximum atomic E-state index is 11.0. The molecule has 0 amide bonds. The van der Waals surface area contributed by atoms with Crippen molar-refractivity contribution in [2.24, 2.45) is 5.10 Å². The predicted molar refractivity (Wildman–Crippen MR) is 147 cm³/mol. The number of nitrogens with one attached hydrogen (secondary N) is 2. The minimum atomic E-state index is -0.435. The number of nitro groups is 1. The second-order valence-corrected chi connectivity index (χ2v) is 8.64. The van der Waals surface area contributed by atoms with E-state index in [0.29, 0.717) is 23.5 Å². The lowest BCUT2D eigenvalue weighted by Crippen LogP contribution is -2.45. The van der Waals surface area contributed by atoms with Crippen molar-refractivity contribution in [3.63, 3.8) is 0 Å². The van der Waals surface area contributed by atoms with Crippen LogP contribution in [0.2, 0.25) is 0 Å². The van der Waals surface area contributed by atoms with Gasteiger partial charge in [0, 0.05) is 62.8 Å². The Morgan fingerprint density at radius 3 is 2.24 bits per heavy atom. The molecule has 1 aromatic heterocycles. The third kappa shape index (κ3) is 6.88. The predicted octanol–water partition coefficient (Wildman–Crippen LogP) is 3.57. The molecule has 2 aromatic carbocycles. The van der Waals surface area contributed by atoms with Crippen molar-refractivity contribution < 1.29 is 4.92 Å². The fourth-order valence-electron chi connectivity index (χ4n) is 3.94. The van der Waals surface area contributed by atoms with Gasteiger partial charge in [-0.2, -0.15) is 20.1 Å². The Bertz CT molecular complexity index is 1210. The fraction of sp³-hybridized carbons (Fsp3) is 0.360. The standard InChI is InChI=1S/C25H32N10O2/c1-4-33(5-2)21-10-6-19(7-11-21)18-26-31-24-28-23(27-20-8-12-22(13-9-20)35(36)37)29-25(30-24)34-16-14-32(3)15-17-34/h6-13,18H,4-5,14-17H2,1-3H3,(H2,27,28,29,30,31)/b26-18+. The number of piperazine rings is 1. The highest BCUT2D eigenvalue weighted by molar-refractivity contribution is 5.80. The van der Waals surface area contributed by atoms with E-state index in [9.17, 15) is 10.1 Å². The second-order valence-electron chi connectivity index (χ2n) is 8.64. The van der Waals surface area contributed by atoms with Crippen LogP contribution in [0.5, 0.6) is 0 Å². The molecule has 1 fully saturated rings. The van der Waals surface area contributed by atoms with Crippen molar-refractivity contribution in [1.29, 1.82) is 0 Å². The number of anilines is 5. The van der Waals surface area contributed by atoms with Crippen molar-refractivity contribution >= 4 is 41.1 Å². The molecule has 2 heterocycles. The minimum Gasteiger partial charge on any atom is -0.372 e. The molecule has 4 rings (SSSR count). The first-order valence-corrected chi connectivity index (χ1v) is 12.3. The van der Waals surface area contributed by atoms with Gasteiger partial charge in [-0.15, -0.1) is 0 Å². The summed E-state index contributed by atoms with van der Waals surface area (Å²) in [6.45, 7) is 9.57. The average molecular weight is 505 g/mol. The van der Waals surface area contributed by atoms with Crippen molar-refractivity contribution in [3.8, 4) is 0 Å². The fourth-order valence-corrected chi connectivity index (χ4v) is 3.94. The third-order valence-corrected chi connectivity index (χ3v) is 6.14. The van der Waals surface area contributed by atoms with Gasteiger partial charge in [-0.3, -0.25) is 10.1 Å². The average Bonchev–Trinajstić information content (AvgIpc) is 2.91. The minimum absolute atomic E-state index is 0.0149. The normalized spacial score (nSPS) is 14.1. The summed E-state index contributed by atoms with van der Waals surface area (Å²) in [6.07, 6.45) is 1.72. The quantitative estimate of drug-likeness (QED) is 0.240. The van der Waals surface area contributed by atoms with E-state index in [0.717, 1.165) is 44.8 Å². The third-order valence-electron chi connectivity index (χ3n) is 6.14. The molecular formula is C25H32N10O2. The molecule has 0 radical (unpaired) electrons. The van der Waals surface area contributed by atoms with Gasteiger partial charge in [-0.1, -0.05) is 12.1 Å². The maximum absolute atomic E-state index is 11.0. The van der Waals surface area contributed by atoms with E-state index in [-0.39, 0.29) is 5.69 Å². The Balaban J connectivity index is 1.52. The van der Waals surface area contributed by atoms with Gasteiger partial charge >= 0.3 is 0 Å². The Morgan fingerprint density at radius 2 is 1.62 bits per heavy atom. The van der Waals surface area contributed by atoms with E-state index in [1.54, 1.807) is 18.3 Å². The number of non-ortho nitro benzene ring substituents is 1. The highest BCUT2D eigenvalue weighted by atomic mass is 16.6. The van der Waals surface area contributed by atoms with Crippen LogP contribution in [0.15, 0.2) is 53.6 Å². The molecule has 0 atom stereocenters. The Labute approximate surface area is 216 Å². The smallest absolute Gasteiger partial charge is 0.269 e. The number of hydrogen-bond donors (Lipinski definition) is 2. The van der Waals surface area contributed by atoms with E-state index in [4.69, 9.17) is 0 Å². The number of hydrazone groups is 1. The van der Waals surface area contributed by atoms with Crippen molar-refractivity contribution in [1.82, 2.24) is 19.9 Å². The summed E-state index contributed by atoms with van der Waals surface area (Å²) in [4.78, 5) is 30.8. The molecule has 2 N–H and O–H groups in total. The van der Waals surface area contributed by atoms with Crippen LogP contribution in [0.3, 0.4) is 0 Å². The Morgan fingerprint density at radius 1 is 0.973 bits per heavy atom. The lowest BCUT2D eigenvalue weighted by molar-refractivity contribution is -0.384. The Hall–Kier alpha value is -4.32. The SMILES string of the molecule is CCN(CC)c1ccc(/C=N/Nc2nc(Nc3ccc([N+](=O)[O-])cc3)nc(N3CCN(C)CC3)n2)cc1. The van der Waals surface area contributed by atoms with Crippen molar-refractivity contribution in [2.45, 2.75) is 13.8 Å². The second kappa shape index (κ2) is 12.1. The van der Waals surface area contributed by atoms with E-state index < -0.39 is 4.92 Å². The number of benzene rings is 2. The lowest BCUT2D eigenvalue weighted by Gasteiger charge is -2.32. The summed E-state index contributed by atoms with van der Waals surface area (Å²) in [6, 6.07) is 14.3. The molecule has 0 saturated carbocycles. The van der Waals surface area contributed by atoms with Crippen LogP contribution >= 0.6 is 0 Å². The largest absolute Gasteiger partial charge is 0.372 e. The molecule has 194 valence electrons. The van der Waals surface area contributed by atoms with E-state index >= 15 is 0 Å². The number of hydrogen-bond acceptors (Lipinski definition) is 11. The molecule has 1 aliphatic heterocycles. The Kier molecular flexibility index (Phi) is 8.41. The molecule has 0 spiro atoms. The summed E-state index contributed by atoms with van der Waals surface area (Å²) >= 11 is 0. The van der Waals surface area contributed by atoms with Gasteiger partial charge in [0.25, 0.3) is 5.69 Å². The highest BCUT2D eigenvalue weighted by Gasteiger charge is 2.19. The van der Waals surface area contributed by atoms with Gasteiger partial charge in [0.1, 0.15) is 0 Å². The van der Waals surface area contributed by atoms with Crippen LogP contribution in [0.25, 0.3) is 0 Å². The summed E-state index contributed by atoms with van der Waals surface area (Å²) in [5, 5.41) is 18.4. The lowest BCUT2D eigenvalue weighted by atomic mass is 10.2. The molecule has 12 nitrogen and oxygen atoms in total. The van der Waals surface area contributed by atoms with Gasteiger partial charge in [-0.25, -0.2) is 5.43 Å². The maximum Gasteiger partial charge on any atom is 0.269 e. The zero-order valence-electron chi connectivity index (χ0n) is 21.3. The van der Waals surface area contributed by atoms with Gasteiger partial charge < -0.3 is 20.0 Å². The molecule has 0 bridgehead atoms. The summed E-state index contributed by atoms with van der Waals surface area (Å²) in [5.41, 5.74) is 5.68. The zero-order valence-corrected chi connectivity index (χ0v) is 21.3. The first-order chi connectivity index (χ1) is 17.9. The van der Waals surface area contributed by atoms with Crippen LogP contribution in [0, 0.1) is 10.1 Å². The molecule has 12 heteroatoms. The number of rotatable bonds is 10. The van der Waals surface area contributed by atoms with Gasteiger partial charge in [0.15, 0.2) is 0 Å².